The van der Waals surface area contributed by atoms with Crippen LogP contribution < -0.4 is 5.32 Å². The van der Waals surface area contributed by atoms with Crippen molar-refractivity contribution in [3.05, 3.63) is 48.3 Å². The Morgan fingerprint density at radius 1 is 1.26 bits per heavy atom. The first-order chi connectivity index (χ1) is 9.35. The third-order valence-corrected chi connectivity index (χ3v) is 4.44. The first-order valence-electron chi connectivity index (χ1n) is 5.93. The van der Waals surface area contributed by atoms with Crippen molar-refractivity contribution < 1.29 is 0 Å². The molecular weight excluding hydrogens is 274 g/mol. The number of nitrogens with one attached hydrogen (secondary N) is 1. The van der Waals surface area contributed by atoms with Crippen molar-refractivity contribution in [3.63, 3.8) is 0 Å². The number of aromatic nitrogens is 2. The largest absolute Gasteiger partial charge is 0.356 e. The predicted octanol–water partition coefficient (Wildman–Crippen LogP) is 4.03. The minimum Gasteiger partial charge on any atom is -0.356 e. The molecule has 0 fully saturated rings. The summed E-state index contributed by atoms with van der Waals surface area (Å²) in [6, 6.07) is 12.3. The highest BCUT2D eigenvalue weighted by Crippen LogP contribution is 2.29. The zero-order valence-electron chi connectivity index (χ0n) is 10.5. The van der Waals surface area contributed by atoms with Gasteiger partial charge in [-0.2, -0.15) is 0 Å². The average Bonchev–Trinajstić information content (AvgIpc) is 2.88. The van der Waals surface area contributed by atoms with Gasteiger partial charge < -0.3 is 5.32 Å². The van der Waals surface area contributed by atoms with Crippen molar-refractivity contribution in [2.24, 2.45) is 0 Å². The molecule has 0 aliphatic rings. The molecule has 1 N–H and O–H groups in total. The summed E-state index contributed by atoms with van der Waals surface area (Å²) < 4.78 is 1.22. The molecule has 5 heteroatoms. The normalized spacial score (nSPS) is 10.8. The lowest BCUT2D eigenvalue weighted by Gasteiger charge is -2.00. The molecule has 19 heavy (non-hydrogen) atoms. The second-order valence-corrected chi connectivity index (χ2v) is 5.94. The van der Waals surface area contributed by atoms with E-state index in [0.717, 1.165) is 16.3 Å². The van der Waals surface area contributed by atoms with E-state index in [2.05, 4.69) is 39.7 Å². The molecule has 3 aromatic rings. The number of thiazole rings is 1. The number of rotatable bonds is 4. The summed E-state index contributed by atoms with van der Waals surface area (Å²) in [5, 5.41) is 4.27. The van der Waals surface area contributed by atoms with Crippen molar-refractivity contribution >= 4 is 38.4 Å². The fraction of sp³-hybridized carbons (Fsp3) is 0.143. The summed E-state index contributed by atoms with van der Waals surface area (Å²) in [6.07, 6.45) is 3.89. The Hall–Kier alpha value is -1.59. The number of benzene rings is 1. The molecule has 2 aromatic heterocycles. The van der Waals surface area contributed by atoms with Gasteiger partial charge in [0.1, 0.15) is 0 Å². The van der Waals surface area contributed by atoms with Gasteiger partial charge in [-0.05, 0) is 36.6 Å². The first kappa shape index (κ1) is 12.4. The van der Waals surface area contributed by atoms with Crippen LogP contribution in [0.2, 0.25) is 0 Å². The Balaban J connectivity index is 1.78. The van der Waals surface area contributed by atoms with Crippen LogP contribution in [0.5, 0.6) is 0 Å². The van der Waals surface area contributed by atoms with Gasteiger partial charge in [0.05, 0.1) is 22.5 Å². The third-order valence-electron chi connectivity index (χ3n) is 2.74. The van der Waals surface area contributed by atoms with E-state index in [4.69, 9.17) is 0 Å². The number of anilines is 1. The zero-order valence-corrected chi connectivity index (χ0v) is 12.1. The van der Waals surface area contributed by atoms with Crippen molar-refractivity contribution in [3.8, 4) is 0 Å². The standard InChI is InChI=1S/C14H13N3S2/c1-18-11-5-6-12-13(8-11)19-14(17-12)16-9-10-4-2-3-7-15-10/h2-8H,9H2,1H3,(H,16,17). The van der Waals surface area contributed by atoms with Crippen LogP contribution >= 0.6 is 23.1 Å². The van der Waals surface area contributed by atoms with Crippen LogP contribution in [0.4, 0.5) is 5.13 Å². The molecule has 2 heterocycles. The van der Waals surface area contributed by atoms with E-state index < -0.39 is 0 Å². The van der Waals surface area contributed by atoms with E-state index in [0.29, 0.717) is 6.54 Å². The van der Waals surface area contributed by atoms with Crippen LogP contribution in [0.15, 0.2) is 47.5 Å². The van der Waals surface area contributed by atoms with Crippen molar-refractivity contribution in [1.29, 1.82) is 0 Å². The van der Waals surface area contributed by atoms with Crippen LogP contribution in [-0.4, -0.2) is 16.2 Å². The van der Waals surface area contributed by atoms with E-state index in [1.165, 1.54) is 9.60 Å². The van der Waals surface area contributed by atoms with E-state index in [1.807, 2.05) is 18.2 Å². The molecule has 0 unspecified atom stereocenters. The van der Waals surface area contributed by atoms with Crippen molar-refractivity contribution in [2.45, 2.75) is 11.4 Å². The molecule has 3 nitrogen and oxygen atoms in total. The molecule has 0 atom stereocenters. The van der Waals surface area contributed by atoms with Crippen LogP contribution in [-0.2, 0) is 6.54 Å². The van der Waals surface area contributed by atoms with Gasteiger partial charge in [0.15, 0.2) is 5.13 Å². The van der Waals surface area contributed by atoms with Gasteiger partial charge in [-0.3, -0.25) is 4.98 Å². The van der Waals surface area contributed by atoms with Gasteiger partial charge in [-0.15, -0.1) is 11.8 Å². The second-order valence-electron chi connectivity index (χ2n) is 4.03. The molecule has 0 amide bonds. The van der Waals surface area contributed by atoms with Gasteiger partial charge in [-0.25, -0.2) is 4.98 Å². The molecule has 0 saturated carbocycles. The maximum atomic E-state index is 4.57. The summed E-state index contributed by atoms with van der Waals surface area (Å²) >= 11 is 3.43. The monoisotopic (exact) mass is 287 g/mol. The zero-order chi connectivity index (χ0) is 13.1. The van der Waals surface area contributed by atoms with Crippen LogP contribution in [0, 0.1) is 0 Å². The molecule has 0 aliphatic carbocycles. The molecule has 0 radical (unpaired) electrons. The molecule has 0 bridgehead atoms. The predicted molar refractivity (Wildman–Crippen MR) is 83.0 cm³/mol. The van der Waals surface area contributed by atoms with Gasteiger partial charge >= 0.3 is 0 Å². The van der Waals surface area contributed by atoms with Gasteiger partial charge in [-0.1, -0.05) is 17.4 Å². The van der Waals surface area contributed by atoms with Crippen molar-refractivity contribution in [2.75, 3.05) is 11.6 Å². The summed E-state index contributed by atoms with van der Waals surface area (Å²) in [5.74, 6) is 0. The first-order valence-corrected chi connectivity index (χ1v) is 7.97. The summed E-state index contributed by atoms with van der Waals surface area (Å²) in [4.78, 5) is 10.1. The Morgan fingerprint density at radius 3 is 3.00 bits per heavy atom. The number of pyridine rings is 1. The second kappa shape index (κ2) is 5.59. The highest BCUT2D eigenvalue weighted by molar-refractivity contribution is 7.98. The Bertz CT molecular complexity index is 679. The molecule has 0 aliphatic heterocycles. The third kappa shape index (κ3) is 2.88. The Kier molecular flexibility index (Phi) is 3.66. The van der Waals surface area contributed by atoms with Crippen LogP contribution in [0.3, 0.4) is 0 Å². The quantitative estimate of drug-likeness (QED) is 0.735. The minimum absolute atomic E-state index is 0.704. The smallest absolute Gasteiger partial charge is 0.184 e. The maximum Gasteiger partial charge on any atom is 0.184 e. The molecular formula is C14H13N3S2. The number of hydrogen-bond donors (Lipinski definition) is 1. The van der Waals surface area contributed by atoms with Gasteiger partial charge in [0, 0.05) is 11.1 Å². The topological polar surface area (TPSA) is 37.8 Å². The average molecular weight is 287 g/mol. The maximum absolute atomic E-state index is 4.57. The molecule has 0 spiro atoms. The lowest BCUT2D eigenvalue weighted by atomic mass is 10.3. The van der Waals surface area contributed by atoms with Crippen molar-refractivity contribution in [1.82, 2.24) is 9.97 Å². The molecule has 96 valence electrons. The minimum atomic E-state index is 0.704. The SMILES string of the molecule is CSc1ccc2nc(NCc3ccccn3)sc2c1. The molecule has 0 saturated heterocycles. The van der Waals surface area contributed by atoms with Gasteiger partial charge in [0.25, 0.3) is 0 Å². The molecule has 1 aromatic carbocycles. The van der Waals surface area contributed by atoms with E-state index in [9.17, 15) is 0 Å². The number of fused-ring (bicyclic) bond motifs is 1. The fourth-order valence-electron chi connectivity index (χ4n) is 1.78. The van der Waals surface area contributed by atoms with Gasteiger partial charge in [0.2, 0.25) is 0 Å². The highest BCUT2D eigenvalue weighted by atomic mass is 32.2. The van der Waals surface area contributed by atoms with E-state index in [-0.39, 0.29) is 0 Å². The van der Waals surface area contributed by atoms with Crippen LogP contribution in [0.25, 0.3) is 10.2 Å². The fourth-order valence-corrected chi connectivity index (χ4v) is 3.19. The summed E-state index contributed by atoms with van der Waals surface area (Å²) in [5.41, 5.74) is 2.07. The summed E-state index contributed by atoms with van der Waals surface area (Å²) in [6.45, 7) is 0.704. The number of hydrogen-bond acceptors (Lipinski definition) is 5. The Morgan fingerprint density at radius 2 is 2.21 bits per heavy atom. The lowest BCUT2D eigenvalue weighted by molar-refractivity contribution is 1.04. The molecule has 3 rings (SSSR count). The number of thioether (sulfide) groups is 1. The lowest BCUT2D eigenvalue weighted by Crippen LogP contribution is -2.00. The van der Waals surface area contributed by atoms with Crippen LogP contribution in [0.1, 0.15) is 5.69 Å². The van der Waals surface area contributed by atoms with E-state index in [1.54, 1.807) is 29.3 Å². The van der Waals surface area contributed by atoms with E-state index >= 15 is 0 Å². The number of nitrogens with zero attached hydrogens (tertiary/aromatic N) is 2. The Labute approximate surface area is 120 Å². The highest BCUT2D eigenvalue weighted by Gasteiger charge is 2.04. The summed E-state index contributed by atoms with van der Waals surface area (Å²) in [7, 11) is 0.